The van der Waals surface area contributed by atoms with Gasteiger partial charge in [0.15, 0.2) is 0 Å². The number of thioether (sulfide) groups is 1. The molecular formula is C12H13NOS2. The highest BCUT2D eigenvalue weighted by atomic mass is 32.2. The summed E-state index contributed by atoms with van der Waals surface area (Å²) in [5.41, 5.74) is 2.05. The summed E-state index contributed by atoms with van der Waals surface area (Å²) in [6, 6.07) is 8.38. The van der Waals surface area contributed by atoms with Gasteiger partial charge in [-0.2, -0.15) is 0 Å². The van der Waals surface area contributed by atoms with Crippen LogP contribution < -0.4 is 0 Å². The van der Waals surface area contributed by atoms with Crippen LogP contribution in [0.25, 0.3) is 11.3 Å². The van der Waals surface area contributed by atoms with Gasteiger partial charge < -0.3 is 5.11 Å². The molecule has 2 nitrogen and oxygen atoms in total. The number of hydrogen-bond acceptors (Lipinski definition) is 4. The third kappa shape index (κ3) is 2.64. The Kier molecular flexibility index (Phi) is 3.98. The van der Waals surface area contributed by atoms with E-state index < -0.39 is 0 Å². The van der Waals surface area contributed by atoms with E-state index in [2.05, 4.69) is 36.2 Å². The van der Waals surface area contributed by atoms with Gasteiger partial charge in [0.25, 0.3) is 0 Å². The lowest BCUT2D eigenvalue weighted by Crippen LogP contribution is -1.82. The smallest absolute Gasteiger partial charge is 0.119 e. The van der Waals surface area contributed by atoms with Crippen molar-refractivity contribution in [3.05, 3.63) is 34.7 Å². The van der Waals surface area contributed by atoms with Gasteiger partial charge in [0, 0.05) is 15.8 Å². The summed E-state index contributed by atoms with van der Waals surface area (Å²) in [6.45, 7) is 2.17. The van der Waals surface area contributed by atoms with Crippen LogP contribution in [-0.2, 0) is 6.61 Å². The van der Waals surface area contributed by atoms with Crippen molar-refractivity contribution in [2.45, 2.75) is 18.4 Å². The zero-order valence-corrected chi connectivity index (χ0v) is 10.6. The van der Waals surface area contributed by atoms with Gasteiger partial charge in [0.1, 0.15) is 5.01 Å². The lowest BCUT2D eigenvalue weighted by Gasteiger charge is -2.00. The summed E-state index contributed by atoms with van der Waals surface area (Å²) in [5, 5.41) is 11.7. The van der Waals surface area contributed by atoms with E-state index in [-0.39, 0.29) is 6.61 Å². The minimum atomic E-state index is 0.0223. The fourth-order valence-electron chi connectivity index (χ4n) is 1.40. The summed E-state index contributed by atoms with van der Waals surface area (Å²) in [7, 11) is 0. The molecule has 0 unspecified atom stereocenters. The molecule has 2 rings (SSSR count). The Balaban J connectivity index is 2.20. The van der Waals surface area contributed by atoms with Crippen molar-refractivity contribution in [2.24, 2.45) is 0 Å². The Morgan fingerprint density at radius 1 is 1.31 bits per heavy atom. The molecule has 1 N–H and O–H groups in total. The fourth-order valence-corrected chi connectivity index (χ4v) is 2.73. The van der Waals surface area contributed by atoms with E-state index in [4.69, 9.17) is 5.11 Å². The summed E-state index contributed by atoms with van der Waals surface area (Å²) in [4.78, 5) is 5.62. The van der Waals surface area contributed by atoms with Crippen molar-refractivity contribution >= 4 is 23.1 Å². The van der Waals surface area contributed by atoms with Gasteiger partial charge >= 0.3 is 0 Å². The number of nitrogens with zero attached hydrogens (tertiary/aromatic N) is 1. The lowest BCUT2D eigenvalue weighted by atomic mass is 10.2. The van der Waals surface area contributed by atoms with Crippen molar-refractivity contribution in [3.8, 4) is 11.3 Å². The molecule has 84 valence electrons. The monoisotopic (exact) mass is 251 g/mol. The molecule has 0 fully saturated rings. The van der Waals surface area contributed by atoms with Gasteiger partial charge in [0.2, 0.25) is 0 Å². The molecular weight excluding hydrogens is 238 g/mol. The van der Waals surface area contributed by atoms with Crippen LogP contribution in [0.3, 0.4) is 0 Å². The number of aromatic nitrogens is 1. The van der Waals surface area contributed by atoms with Crippen molar-refractivity contribution < 1.29 is 5.11 Å². The van der Waals surface area contributed by atoms with E-state index in [1.165, 1.54) is 16.2 Å². The Hall–Kier alpha value is -0.840. The first-order valence-corrected chi connectivity index (χ1v) is 6.98. The molecule has 2 aromatic rings. The zero-order chi connectivity index (χ0) is 11.4. The minimum Gasteiger partial charge on any atom is -0.389 e. The van der Waals surface area contributed by atoms with Gasteiger partial charge in [-0.3, -0.25) is 0 Å². The first kappa shape index (κ1) is 11.6. The molecule has 0 saturated heterocycles. The first-order valence-electron chi connectivity index (χ1n) is 5.12. The highest BCUT2D eigenvalue weighted by molar-refractivity contribution is 7.99. The van der Waals surface area contributed by atoms with Gasteiger partial charge in [0.05, 0.1) is 12.3 Å². The highest BCUT2D eigenvalue weighted by Crippen LogP contribution is 2.25. The van der Waals surface area contributed by atoms with Crippen LogP contribution in [0.1, 0.15) is 11.9 Å². The second kappa shape index (κ2) is 5.48. The van der Waals surface area contributed by atoms with E-state index in [1.807, 2.05) is 17.1 Å². The number of thiazole rings is 1. The molecule has 0 spiro atoms. The molecule has 4 heteroatoms. The maximum Gasteiger partial charge on any atom is 0.119 e. The Morgan fingerprint density at radius 2 is 2.06 bits per heavy atom. The lowest BCUT2D eigenvalue weighted by molar-refractivity contribution is 0.281. The summed E-state index contributed by atoms with van der Waals surface area (Å²) in [6.07, 6.45) is 0. The third-order valence-corrected chi connectivity index (χ3v) is 3.88. The van der Waals surface area contributed by atoms with Crippen LogP contribution in [0.4, 0.5) is 0 Å². The standard InChI is InChI=1S/C12H13NOS2/c1-2-15-10-5-3-9(4-6-10)11-8-16-12(7-14)13-11/h3-6,8,14H,2,7H2,1H3. The SMILES string of the molecule is CCSc1ccc(-c2csc(CO)n2)cc1. The molecule has 0 atom stereocenters. The van der Waals surface area contributed by atoms with E-state index in [0.29, 0.717) is 0 Å². The average Bonchev–Trinajstić information content (AvgIpc) is 2.79. The number of hydrogen-bond donors (Lipinski definition) is 1. The van der Waals surface area contributed by atoms with Gasteiger partial charge in [-0.25, -0.2) is 4.98 Å². The second-order valence-electron chi connectivity index (χ2n) is 3.24. The van der Waals surface area contributed by atoms with Crippen LogP contribution in [0.2, 0.25) is 0 Å². The predicted octanol–water partition coefficient (Wildman–Crippen LogP) is 3.41. The number of benzene rings is 1. The van der Waals surface area contributed by atoms with Gasteiger partial charge in [-0.15, -0.1) is 23.1 Å². The Bertz CT molecular complexity index is 450. The van der Waals surface area contributed by atoms with Gasteiger partial charge in [-0.05, 0) is 17.9 Å². The number of rotatable bonds is 4. The molecule has 0 bridgehead atoms. The van der Waals surface area contributed by atoms with Gasteiger partial charge in [-0.1, -0.05) is 19.1 Å². The molecule has 0 aliphatic carbocycles. The molecule has 0 amide bonds. The fraction of sp³-hybridized carbons (Fsp3) is 0.250. The van der Waals surface area contributed by atoms with E-state index in [1.54, 1.807) is 0 Å². The molecule has 0 aliphatic heterocycles. The van der Waals surface area contributed by atoms with Crippen LogP contribution in [-0.4, -0.2) is 15.8 Å². The summed E-state index contributed by atoms with van der Waals surface area (Å²) in [5.74, 6) is 1.09. The van der Waals surface area contributed by atoms with E-state index in [9.17, 15) is 0 Å². The normalized spacial score (nSPS) is 10.6. The number of aliphatic hydroxyl groups is 1. The molecule has 16 heavy (non-hydrogen) atoms. The quantitative estimate of drug-likeness (QED) is 0.845. The van der Waals surface area contributed by atoms with Crippen LogP contribution >= 0.6 is 23.1 Å². The van der Waals surface area contributed by atoms with Crippen LogP contribution in [0.15, 0.2) is 34.5 Å². The molecule has 0 radical (unpaired) electrons. The summed E-state index contributed by atoms with van der Waals surface area (Å²) >= 11 is 3.32. The third-order valence-electron chi connectivity index (χ3n) is 2.15. The topological polar surface area (TPSA) is 33.1 Å². The maximum atomic E-state index is 8.96. The molecule has 0 aliphatic rings. The van der Waals surface area contributed by atoms with Crippen molar-refractivity contribution in [1.82, 2.24) is 4.98 Å². The highest BCUT2D eigenvalue weighted by Gasteiger charge is 2.03. The van der Waals surface area contributed by atoms with Crippen molar-refractivity contribution in [3.63, 3.8) is 0 Å². The zero-order valence-electron chi connectivity index (χ0n) is 9.01. The van der Waals surface area contributed by atoms with E-state index >= 15 is 0 Å². The first-order chi connectivity index (χ1) is 7.83. The summed E-state index contributed by atoms with van der Waals surface area (Å²) < 4.78 is 0. The van der Waals surface area contributed by atoms with Crippen molar-refractivity contribution in [2.75, 3.05) is 5.75 Å². The molecule has 1 aromatic heterocycles. The van der Waals surface area contributed by atoms with Crippen LogP contribution in [0, 0.1) is 0 Å². The Morgan fingerprint density at radius 3 is 2.62 bits per heavy atom. The van der Waals surface area contributed by atoms with E-state index in [0.717, 1.165) is 22.0 Å². The van der Waals surface area contributed by atoms with Crippen LogP contribution in [0.5, 0.6) is 0 Å². The molecule has 1 heterocycles. The minimum absolute atomic E-state index is 0.0223. The predicted molar refractivity (Wildman–Crippen MR) is 69.9 cm³/mol. The largest absolute Gasteiger partial charge is 0.389 e. The molecule has 0 saturated carbocycles. The number of aliphatic hydroxyl groups excluding tert-OH is 1. The average molecular weight is 251 g/mol. The maximum absolute atomic E-state index is 8.96. The van der Waals surface area contributed by atoms with Crippen molar-refractivity contribution in [1.29, 1.82) is 0 Å². The Labute approximate surface area is 103 Å². The second-order valence-corrected chi connectivity index (χ2v) is 5.52. The molecule has 1 aromatic carbocycles.